The van der Waals surface area contributed by atoms with Crippen LogP contribution in [0.25, 0.3) is 0 Å². The minimum atomic E-state index is -1.90. The van der Waals surface area contributed by atoms with Crippen LogP contribution in [0.4, 0.5) is 0 Å². The van der Waals surface area contributed by atoms with Gasteiger partial charge in [0.25, 0.3) is 0 Å². The monoisotopic (exact) mass is 504 g/mol. The first kappa shape index (κ1) is 27.9. The van der Waals surface area contributed by atoms with E-state index in [9.17, 15) is 56.2 Å². The summed E-state index contributed by atoms with van der Waals surface area (Å²) in [5.41, 5.74) is 0. The van der Waals surface area contributed by atoms with E-state index in [1.54, 1.807) is 0 Å². The topological polar surface area (TPSA) is 269 Å². The van der Waals surface area contributed by atoms with E-state index in [-0.39, 0.29) is 0 Å². The molecule has 0 radical (unpaired) electrons. The standard InChI is InChI=1S/C18H32O16/c19-1-4-8(23)11(26)14(16(29)30-4)33-18-15(12(27)9(24)6(3-21)32-18)34-17-13(28)10(25)7(22)5(2-20)31-17/h4-29H,1-3H2/t4-,5-,6-,7-,8-,9-,10+,11+,12+,13+,14+,15+,16?,17+,18-/m1/s1. The van der Waals surface area contributed by atoms with Crippen molar-refractivity contribution in [2.75, 3.05) is 19.8 Å². The van der Waals surface area contributed by atoms with E-state index in [1.165, 1.54) is 0 Å². The van der Waals surface area contributed by atoms with Crippen molar-refractivity contribution in [3.8, 4) is 0 Å². The summed E-state index contributed by atoms with van der Waals surface area (Å²) in [4.78, 5) is 0. The Hall–Kier alpha value is -0.640. The Bertz CT molecular complexity index is 639. The van der Waals surface area contributed by atoms with Gasteiger partial charge in [0, 0.05) is 0 Å². The quantitative estimate of drug-likeness (QED) is 0.154. The fourth-order valence-corrected chi connectivity index (χ4v) is 4.02. The lowest BCUT2D eigenvalue weighted by Gasteiger charge is -2.48. The van der Waals surface area contributed by atoms with Crippen molar-refractivity contribution in [2.24, 2.45) is 0 Å². The molecule has 0 amide bonds. The van der Waals surface area contributed by atoms with Crippen LogP contribution in [-0.2, 0) is 23.7 Å². The first-order chi connectivity index (χ1) is 16.0. The zero-order chi connectivity index (χ0) is 25.3. The Morgan fingerprint density at radius 3 is 1.38 bits per heavy atom. The summed E-state index contributed by atoms with van der Waals surface area (Å²) in [5, 5.41) is 109. The normalized spacial score (nSPS) is 52.5. The van der Waals surface area contributed by atoms with E-state index in [1.807, 2.05) is 0 Å². The average Bonchev–Trinajstić information content (AvgIpc) is 2.83. The maximum absolute atomic E-state index is 10.6. The molecule has 34 heavy (non-hydrogen) atoms. The van der Waals surface area contributed by atoms with Gasteiger partial charge in [0.05, 0.1) is 19.8 Å². The Morgan fingerprint density at radius 1 is 0.441 bits per heavy atom. The smallest absolute Gasteiger partial charge is 0.187 e. The van der Waals surface area contributed by atoms with Crippen LogP contribution in [0.1, 0.15) is 0 Å². The van der Waals surface area contributed by atoms with Crippen molar-refractivity contribution in [3.05, 3.63) is 0 Å². The molecule has 0 aliphatic carbocycles. The Kier molecular flexibility index (Phi) is 9.54. The van der Waals surface area contributed by atoms with Crippen molar-refractivity contribution in [2.45, 2.75) is 92.1 Å². The molecular weight excluding hydrogens is 472 g/mol. The van der Waals surface area contributed by atoms with Crippen molar-refractivity contribution < 1.29 is 79.9 Å². The molecule has 3 saturated heterocycles. The van der Waals surface area contributed by atoms with Crippen molar-refractivity contribution >= 4 is 0 Å². The van der Waals surface area contributed by atoms with Gasteiger partial charge in [0.15, 0.2) is 18.9 Å². The largest absolute Gasteiger partial charge is 0.394 e. The molecule has 200 valence electrons. The highest BCUT2D eigenvalue weighted by Crippen LogP contribution is 2.32. The minimum absolute atomic E-state index is 0.734. The molecule has 0 spiro atoms. The molecule has 0 aromatic carbocycles. The zero-order valence-corrected chi connectivity index (χ0v) is 17.7. The molecule has 0 bridgehead atoms. The zero-order valence-electron chi connectivity index (χ0n) is 17.7. The van der Waals surface area contributed by atoms with E-state index < -0.39 is 112 Å². The Balaban J connectivity index is 1.82. The van der Waals surface area contributed by atoms with Crippen LogP contribution in [-0.4, -0.2) is 168 Å². The molecule has 16 heteroatoms. The third-order valence-electron chi connectivity index (χ3n) is 6.10. The van der Waals surface area contributed by atoms with Gasteiger partial charge in [-0.15, -0.1) is 0 Å². The molecule has 16 nitrogen and oxygen atoms in total. The summed E-state index contributed by atoms with van der Waals surface area (Å²) < 4.78 is 26.5. The molecule has 3 rings (SSSR count). The number of rotatable bonds is 7. The summed E-state index contributed by atoms with van der Waals surface area (Å²) in [7, 11) is 0. The summed E-state index contributed by atoms with van der Waals surface area (Å²) in [6, 6.07) is 0. The van der Waals surface area contributed by atoms with Crippen LogP contribution in [0.15, 0.2) is 0 Å². The van der Waals surface area contributed by atoms with Gasteiger partial charge in [-0.05, 0) is 0 Å². The van der Waals surface area contributed by atoms with E-state index in [0.717, 1.165) is 0 Å². The predicted molar refractivity (Wildman–Crippen MR) is 101 cm³/mol. The molecule has 3 aliphatic rings. The van der Waals surface area contributed by atoms with E-state index >= 15 is 0 Å². The number of aliphatic hydroxyl groups is 11. The first-order valence-corrected chi connectivity index (χ1v) is 10.6. The van der Waals surface area contributed by atoms with E-state index in [0.29, 0.717) is 0 Å². The van der Waals surface area contributed by atoms with E-state index in [2.05, 4.69) is 0 Å². The van der Waals surface area contributed by atoms with Crippen molar-refractivity contribution in [1.29, 1.82) is 0 Å². The summed E-state index contributed by atoms with van der Waals surface area (Å²) >= 11 is 0. The number of hydrogen-bond acceptors (Lipinski definition) is 16. The molecule has 3 aliphatic heterocycles. The maximum atomic E-state index is 10.6. The summed E-state index contributed by atoms with van der Waals surface area (Å²) in [6.45, 7) is -2.31. The molecular formula is C18H32O16. The van der Waals surface area contributed by atoms with Gasteiger partial charge in [-0.1, -0.05) is 0 Å². The fourth-order valence-electron chi connectivity index (χ4n) is 4.02. The van der Waals surface area contributed by atoms with Crippen LogP contribution >= 0.6 is 0 Å². The lowest BCUT2D eigenvalue weighted by molar-refractivity contribution is -0.391. The van der Waals surface area contributed by atoms with E-state index in [4.69, 9.17) is 23.7 Å². The molecule has 11 N–H and O–H groups in total. The van der Waals surface area contributed by atoms with Gasteiger partial charge in [-0.25, -0.2) is 0 Å². The second kappa shape index (κ2) is 11.6. The molecule has 0 aromatic rings. The molecule has 3 heterocycles. The summed E-state index contributed by atoms with van der Waals surface area (Å²) in [5.74, 6) is 0. The van der Waals surface area contributed by atoms with Gasteiger partial charge < -0.3 is 79.9 Å². The predicted octanol–water partition coefficient (Wildman–Crippen LogP) is -7.57. The SMILES string of the molecule is OC[C@H]1O[C@@H](O[C@@H]2[C@@H](O[C@@H]3C(O)O[C@H](CO)[C@@H](O)[C@@H]3O)O[C@H](CO)[C@@H](O)[C@@H]2O)[C@@H](O)[C@@H](O)[C@@H]1O. The Morgan fingerprint density at radius 2 is 0.853 bits per heavy atom. The highest BCUT2D eigenvalue weighted by molar-refractivity contribution is 4.95. The summed E-state index contributed by atoms with van der Waals surface area (Å²) in [6.07, 6.45) is -25.7. The maximum Gasteiger partial charge on any atom is 0.187 e. The highest BCUT2D eigenvalue weighted by Gasteiger charge is 2.53. The number of ether oxygens (including phenoxy) is 5. The van der Waals surface area contributed by atoms with Crippen LogP contribution in [0.5, 0.6) is 0 Å². The molecule has 1 unspecified atom stereocenters. The molecule has 3 fully saturated rings. The van der Waals surface area contributed by atoms with Gasteiger partial charge >= 0.3 is 0 Å². The molecule has 15 atom stereocenters. The van der Waals surface area contributed by atoms with Gasteiger partial charge in [0.1, 0.15) is 73.2 Å². The van der Waals surface area contributed by atoms with Crippen LogP contribution in [0, 0.1) is 0 Å². The van der Waals surface area contributed by atoms with Crippen LogP contribution in [0.2, 0.25) is 0 Å². The lowest BCUT2D eigenvalue weighted by Crippen LogP contribution is -2.66. The second-order valence-electron chi connectivity index (χ2n) is 8.33. The minimum Gasteiger partial charge on any atom is -0.394 e. The van der Waals surface area contributed by atoms with Crippen LogP contribution < -0.4 is 0 Å². The van der Waals surface area contributed by atoms with Crippen molar-refractivity contribution in [1.82, 2.24) is 0 Å². The molecule has 0 saturated carbocycles. The number of hydrogen-bond donors (Lipinski definition) is 11. The van der Waals surface area contributed by atoms with Crippen LogP contribution in [0.3, 0.4) is 0 Å². The van der Waals surface area contributed by atoms with Gasteiger partial charge in [0.2, 0.25) is 0 Å². The van der Waals surface area contributed by atoms with Gasteiger partial charge in [-0.3, -0.25) is 0 Å². The van der Waals surface area contributed by atoms with Gasteiger partial charge in [-0.2, -0.15) is 0 Å². The Labute approximate surface area is 192 Å². The highest BCUT2D eigenvalue weighted by atomic mass is 16.8. The number of aliphatic hydroxyl groups excluding tert-OH is 11. The third kappa shape index (κ3) is 5.37. The second-order valence-corrected chi connectivity index (χ2v) is 8.33. The first-order valence-electron chi connectivity index (χ1n) is 10.6. The lowest BCUT2D eigenvalue weighted by atomic mass is 9.96. The third-order valence-corrected chi connectivity index (χ3v) is 6.10. The van der Waals surface area contributed by atoms with Crippen molar-refractivity contribution in [3.63, 3.8) is 0 Å². The fraction of sp³-hybridized carbons (Fsp3) is 1.00. The average molecular weight is 504 g/mol. The molecule has 0 aromatic heterocycles.